The Labute approximate surface area is 302 Å². The fraction of sp³-hybridized carbons (Fsp3) is 0. The molecule has 4 heteroatoms. The molecule has 0 atom stereocenters. The van der Waals surface area contributed by atoms with Crippen LogP contribution in [-0.2, 0) is 4.57 Å². The van der Waals surface area contributed by atoms with Crippen molar-refractivity contribution >= 4 is 62.0 Å². The van der Waals surface area contributed by atoms with Crippen LogP contribution in [0.3, 0.4) is 0 Å². The fourth-order valence-electron chi connectivity index (χ4n) is 7.90. The van der Waals surface area contributed by atoms with Gasteiger partial charge < -0.3 is 9.13 Å². The molecule has 0 fully saturated rings. The Bertz CT molecular complexity index is 2660. The van der Waals surface area contributed by atoms with Crippen LogP contribution >= 0.6 is 7.80 Å². The Morgan fingerprint density at radius 1 is 0.308 bits per heavy atom. The Balaban J connectivity index is 1.01. The monoisotopic (exact) mass is 683 g/mol. The van der Waals surface area contributed by atoms with Gasteiger partial charge in [-0.25, -0.2) is 0 Å². The standard InChI is InChI=1S/C48H32N2OP/c51-52(47-23-11-5-13-37(47)33-25-29-35(30-26-33)49-43-19-7-1-15-39(43)40-16-2-8-20-44(40)49)48-24-12-6-14-38(48)34-27-31-36(32-28-34)50-45-21-9-3-17-41(45)42-18-4-10-22-46(42)50/h1-32H. The van der Waals surface area contributed by atoms with Gasteiger partial charge in [0.25, 0.3) is 0 Å². The third-order valence-electron chi connectivity index (χ3n) is 10.3. The number of benzene rings is 8. The SMILES string of the molecule is O=[P](c1ccccc1-c1ccc(-n2c3ccccc3c3ccccc32)cc1)c1ccccc1-c1ccc(-n2c3ccccc3c3ccccc32)cc1. The average Bonchev–Trinajstić information content (AvgIpc) is 3.74. The first-order valence-electron chi connectivity index (χ1n) is 17.6. The lowest BCUT2D eigenvalue weighted by Crippen LogP contribution is -2.11. The number of para-hydroxylation sites is 4. The summed E-state index contributed by atoms with van der Waals surface area (Å²) in [4.78, 5) is 0. The molecule has 2 aromatic heterocycles. The van der Waals surface area contributed by atoms with E-state index in [9.17, 15) is 4.57 Å². The Kier molecular flexibility index (Phi) is 7.20. The van der Waals surface area contributed by atoms with Crippen LogP contribution in [0.1, 0.15) is 0 Å². The van der Waals surface area contributed by atoms with Crippen LogP contribution < -0.4 is 10.6 Å². The highest BCUT2D eigenvalue weighted by Crippen LogP contribution is 2.36. The third kappa shape index (κ3) is 4.82. The van der Waals surface area contributed by atoms with Crippen molar-refractivity contribution in [3.05, 3.63) is 194 Å². The quantitative estimate of drug-likeness (QED) is 0.160. The maximum absolute atomic E-state index is 14.7. The van der Waals surface area contributed by atoms with Gasteiger partial charge in [-0.05, 0) is 82.9 Å². The summed E-state index contributed by atoms with van der Waals surface area (Å²) in [5, 5.41) is 6.62. The highest BCUT2D eigenvalue weighted by atomic mass is 31.1. The van der Waals surface area contributed by atoms with Gasteiger partial charge in [0.1, 0.15) is 7.80 Å². The van der Waals surface area contributed by atoms with E-state index in [1.807, 2.05) is 36.4 Å². The van der Waals surface area contributed by atoms with Crippen molar-refractivity contribution in [2.45, 2.75) is 0 Å². The number of hydrogen-bond acceptors (Lipinski definition) is 1. The number of rotatable bonds is 6. The van der Waals surface area contributed by atoms with Crippen LogP contribution in [0, 0.1) is 0 Å². The van der Waals surface area contributed by atoms with Crippen molar-refractivity contribution in [1.29, 1.82) is 0 Å². The van der Waals surface area contributed by atoms with Crippen LogP contribution in [-0.4, -0.2) is 9.13 Å². The second-order valence-electron chi connectivity index (χ2n) is 13.2. The molecule has 0 bridgehead atoms. The molecule has 0 unspecified atom stereocenters. The molecule has 0 spiro atoms. The summed E-state index contributed by atoms with van der Waals surface area (Å²) in [7, 11) is -1.90. The molecule has 0 aliphatic carbocycles. The maximum atomic E-state index is 14.7. The van der Waals surface area contributed by atoms with Crippen LogP contribution in [0.5, 0.6) is 0 Å². The Morgan fingerprint density at radius 2 is 0.596 bits per heavy atom. The topological polar surface area (TPSA) is 26.9 Å². The van der Waals surface area contributed by atoms with Crippen LogP contribution in [0.25, 0.3) is 77.2 Å². The zero-order valence-electron chi connectivity index (χ0n) is 28.2. The molecule has 0 saturated heterocycles. The van der Waals surface area contributed by atoms with Gasteiger partial charge in [-0.15, -0.1) is 0 Å². The van der Waals surface area contributed by atoms with Gasteiger partial charge in [0.05, 0.1) is 22.1 Å². The zero-order chi connectivity index (χ0) is 34.6. The molecule has 245 valence electrons. The average molecular weight is 684 g/mol. The zero-order valence-corrected chi connectivity index (χ0v) is 29.1. The van der Waals surface area contributed by atoms with Crippen LogP contribution in [0.15, 0.2) is 194 Å². The van der Waals surface area contributed by atoms with Crippen molar-refractivity contribution in [2.24, 2.45) is 0 Å². The van der Waals surface area contributed by atoms with E-state index in [4.69, 9.17) is 0 Å². The van der Waals surface area contributed by atoms with E-state index in [1.165, 1.54) is 43.6 Å². The van der Waals surface area contributed by atoms with E-state index in [1.54, 1.807) is 0 Å². The molecular weight excluding hydrogens is 652 g/mol. The minimum atomic E-state index is -1.90. The summed E-state index contributed by atoms with van der Waals surface area (Å²) in [6.45, 7) is 0. The van der Waals surface area contributed by atoms with Crippen molar-refractivity contribution in [2.75, 3.05) is 0 Å². The van der Waals surface area contributed by atoms with Gasteiger partial charge in [0, 0.05) is 43.5 Å². The van der Waals surface area contributed by atoms with Crippen LogP contribution in [0.2, 0.25) is 0 Å². The first-order valence-corrected chi connectivity index (χ1v) is 18.8. The smallest absolute Gasteiger partial charge is 0.137 e. The molecule has 0 aliphatic heterocycles. The first kappa shape index (κ1) is 30.3. The van der Waals surface area contributed by atoms with Crippen molar-refractivity contribution in [3.63, 3.8) is 0 Å². The summed E-state index contributed by atoms with van der Waals surface area (Å²) >= 11 is 0. The van der Waals surface area contributed by atoms with Gasteiger partial charge in [-0.3, -0.25) is 4.57 Å². The summed E-state index contributed by atoms with van der Waals surface area (Å²) in [6, 6.07) is 67.8. The van der Waals surface area contributed by atoms with Crippen molar-refractivity contribution in [1.82, 2.24) is 9.13 Å². The number of hydrogen-bond donors (Lipinski definition) is 0. The molecule has 2 heterocycles. The lowest BCUT2D eigenvalue weighted by atomic mass is 10.0. The molecule has 3 nitrogen and oxygen atoms in total. The molecule has 0 N–H and O–H groups in total. The van der Waals surface area contributed by atoms with E-state index >= 15 is 0 Å². The number of aromatic nitrogens is 2. The minimum Gasteiger partial charge on any atom is -0.309 e. The minimum absolute atomic E-state index is 0.830. The lowest BCUT2D eigenvalue weighted by Gasteiger charge is -2.14. The summed E-state index contributed by atoms with van der Waals surface area (Å²) in [6.07, 6.45) is 0. The molecule has 52 heavy (non-hydrogen) atoms. The van der Waals surface area contributed by atoms with E-state index in [2.05, 4.69) is 167 Å². The highest BCUT2D eigenvalue weighted by Gasteiger charge is 2.19. The summed E-state index contributed by atoms with van der Waals surface area (Å²) in [5.74, 6) is 0. The predicted octanol–water partition coefficient (Wildman–Crippen LogP) is 12.0. The second kappa shape index (κ2) is 12.3. The van der Waals surface area contributed by atoms with Crippen molar-refractivity contribution in [3.8, 4) is 33.6 Å². The maximum Gasteiger partial charge on any atom is 0.137 e. The molecular formula is C48H32N2OP. The molecule has 10 rings (SSSR count). The molecule has 1 radical (unpaired) electrons. The first-order chi connectivity index (χ1) is 25.7. The van der Waals surface area contributed by atoms with Crippen LogP contribution in [0.4, 0.5) is 0 Å². The third-order valence-corrected chi connectivity index (χ3v) is 11.9. The summed E-state index contributed by atoms with van der Waals surface area (Å²) in [5.41, 5.74) is 10.9. The van der Waals surface area contributed by atoms with Gasteiger partial charge in [-0.1, -0.05) is 133 Å². The molecule has 10 aromatic rings. The Morgan fingerprint density at radius 3 is 0.942 bits per heavy atom. The normalized spacial score (nSPS) is 11.5. The van der Waals surface area contributed by atoms with Gasteiger partial charge in [0.2, 0.25) is 0 Å². The fourth-order valence-corrected chi connectivity index (χ4v) is 9.45. The number of nitrogens with zero attached hydrogens (tertiary/aromatic N) is 2. The number of fused-ring (bicyclic) bond motifs is 6. The highest BCUT2D eigenvalue weighted by molar-refractivity contribution is 7.62. The van der Waals surface area contributed by atoms with Crippen molar-refractivity contribution < 1.29 is 4.57 Å². The van der Waals surface area contributed by atoms with Gasteiger partial charge in [-0.2, -0.15) is 0 Å². The lowest BCUT2D eigenvalue weighted by molar-refractivity contribution is 0.598. The second-order valence-corrected chi connectivity index (χ2v) is 14.7. The Hall–Kier alpha value is -6.54. The largest absolute Gasteiger partial charge is 0.309 e. The van der Waals surface area contributed by atoms with Gasteiger partial charge in [0.15, 0.2) is 0 Å². The molecule has 0 saturated carbocycles. The molecule has 0 amide bonds. The van der Waals surface area contributed by atoms with Gasteiger partial charge >= 0.3 is 0 Å². The van der Waals surface area contributed by atoms with E-state index in [-0.39, 0.29) is 0 Å². The van der Waals surface area contributed by atoms with E-state index in [0.29, 0.717) is 0 Å². The molecule has 0 aliphatic rings. The predicted molar refractivity (Wildman–Crippen MR) is 219 cm³/mol. The van der Waals surface area contributed by atoms with E-state index < -0.39 is 7.80 Å². The molecule has 8 aromatic carbocycles. The summed E-state index contributed by atoms with van der Waals surface area (Å²) < 4.78 is 19.3. The van der Waals surface area contributed by atoms with E-state index in [0.717, 1.165) is 44.2 Å².